The van der Waals surface area contributed by atoms with E-state index >= 15 is 0 Å². The maximum absolute atomic E-state index is 13.1. The summed E-state index contributed by atoms with van der Waals surface area (Å²) in [5.41, 5.74) is 6.57. The molecule has 0 spiro atoms. The molecule has 1 aromatic heterocycles. The number of carbonyl (C=O) groups is 2. The third-order valence-corrected chi connectivity index (χ3v) is 6.22. The Morgan fingerprint density at radius 1 is 1.04 bits per heavy atom. The van der Waals surface area contributed by atoms with E-state index in [4.69, 9.17) is 0 Å². The largest absolute Gasteiger partial charge is 0.357 e. The average Bonchev–Trinajstić information content (AvgIpc) is 3.20. The van der Waals surface area contributed by atoms with Crippen molar-refractivity contribution in [3.8, 4) is 0 Å². The molecule has 0 radical (unpaired) electrons. The van der Waals surface area contributed by atoms with Crippen molar-refractivity contribution in [2.45, 2.75) is 39.3 Å². The van der Waals surface area contributed by atoms with E-state index in [1.54, 1.807) is 0 Å². The van der Waals surface area contributed by atoms with Crippen LogP contribution in [0.3, 0.4) is 0 Å². The first kappa shape index (κ1) is 17.2. The number of benzene rings is 2. The van der Waals surface area contributed by atoms with E-state index in [2.05, 4.69) is 28.1 Å². The number of rotatable bonds is 2. The van der Waals surface area contributed by atoms with Crippen LogP contribution >= 0.6 is 0 Å². The van der Waals surface area contributed by atoms with Gasteiger partial charge in [-0.2, -0.15) is 0 Å². The summed E-state index contributed by atoms with van der Waals surface area (Å²) in [4.78, 5) is 32.9. The molecule has 5 nitrogen and oxygen atoms in total. The summed E-state index contributed by atoms with van der Waals surface area (Å²) in [5.74, 6) is -0.214. The van der Waals surface area contributed by atoms with Crippen LogP contribution in [0.2, 0.25) is 0 Å². The summed E-state index contributed by atoms with van der Waals surface area (Å²) >= 11 is 0. The number of para-hydroxylation sites is 1. The van der Waals surface area contributed by atoms with Gasteiger partial charge < -0.3 is 4.98 Å². The van der Waals surface area contributed by atoms with Crippen molar-refractivity contribution in [3.05, 3.63) is 64.8 Å². The van der Waals surface area contributed by atoms with Crippen molar-refractivity contribution in [1.82, 2.24) is 9.88 Å². The van der Waals surface area contributed by atoms with Gasteiger partial charge in [0.15, 0.2) is 0 Å². The highest BCUT2D eigenvalue weighted by Gasteiger charge is 2.43. The Kier molecular flexibility index (Phi) is 3.88. The minimum absolute atomic E-state index is 0.104. The van der Waals surface area contributed by atoms with Gasteiger partial charge in [-0.1, -0.05) is 24.3 Å². The van der Waals surface area contributed by atoms with E-state index in [1.807, 2.05) is 38.1 Å². The summed E-state index contributed by atoms with van der Waals surface area (Å²) in [6, 6.07) is 13.7. The van der Waals surface area contributed by atoms with E-state index in [9.17, 15) is 9.59 Å². The molecule has 3 aromatic rings. The fourth-order valence-electron chi connectivity index (χ4n) is 4.52. The number of anilines is 1. The number of H-pyrrole nitrogens is 1. The van der Waals surface area contributed by atoms with Crippen LogP contribution in [0, 0.1) is 13.8 Å². The van der Waals surface area contributed by atoms with Gasteiger partial charge in [-0.25, -0.2) is 4.90 Å². The van der Waals surface area contributed by atoms with Gasteiger partial charge in [-0.15, -0.1) is 0 Å². The minimum Gasteiger partial charge on any atom is -0.357 e. The molecule has 1 atom stereocenters. The fraction of sp³-hybridized carbons (Fsp3) is 0.304. The normalized spacial score (nSPS) is 20.2. The van der Waals surface area contributed by atoms with E-state index < -0.39 is 0 Å². The topological polar surface area (TPSA) is 56.4 Å². The molecule has 0 saturated carbocycles. The van der Waals surface area contributed by atoms with Gasteiger partial charge in [0, 0.05) is 29.7 Å². The molecular formula is C23H23N3O2. The number of aryl methyl sites for hydroxylation is 2. The van der Waals surface area contributed by atoms with Crippen LogP contribution in [0.4, 0.5) is 5.69 Å². The number of fused-ring (bicyclic) bond motifs is 3. The molecule has 1 fully saturated rings. The molecule has 0 unspecified atom stereocenters. The molecule has 0 aliphatic carbocycles. The van der Waals surface area contributed by atoms with Crippen molar-refractivity contribution in [2.75, 3.05) is 11.4 Å². The summed E-state index contributed by atoms with van der Waals surface area (Å²) < 4.78 is 0. The zero-order valence-electron chi connectivity index (χ0n) is 16.2. The molecular weight excluding hydrogens is 350 g/mol. The number of imide groups is 1. The Balaban J connectivity index is 1.42. The van der Waals surface area contributed by atoms with Crippen molar-refractivity contribution in [2.24, 2.45) is 0 Å². The summed E-state index contributed by atoms with van der Waals surface area (Å²) in [6.07, 6.45) is 1.14. The average molecular weight is 373 g/mol. The van der Waals surface area contributed by atoms with Gasteiger partial charge >= 0.3 is 0 Å². The number of amides is 2. The van der Waals surface area contributed by atoms with Crippen LogP contribution in [-0.4, -0.2) is 34.3 Å². The first-order valence-electron chi connectivity index (χ1n) is 9.79. The van der Waals surface area contributed by atoms with Crippen molar-refractivity contribution >= 4 is 28.4 Å². The van der Waals surface area contributed by atoms with E-state index in [0.717, 1.165) is 35.3 Å². The van der Waals surface area contributed by atoms with Crippen LogP contribution in [-0.2, 0) is 22.6 Å². The maximum atomic E-state index is 13.1. The van der Waals surface area contributed by atoms with Gasteiger partial charge in [0.1, 0.15) is 0 Å². The maximum Gasteiger partial charge on any atom is 0.251 e. The second-order valence-electron chi connectivity index (χ2n) is 7.90. The fourth-order valence-corrected chi connectivity index (χ4v) is 4.52. The Bertz CT molecular complexity index is 1110. The van der Waals surface area contributed by atoms with Crippen molar-refractivity contribution in [1.29, 1.82) is 0 Å². The molecule has 142 valence electrons. The predicted octanol–water partition coefficient (Wildman–Crippen LogP) is 3.47. The van der Waals surface area contributed by atoms with Crippen LogP contribution in [0.5, 0.6) is 0 Å². The van der Waals surface area contributed by atoms with E-state index in [0.29, 0.717) is 12.2 Å². The molecule has 2 aromatic carbocycles. The van der Waals surface area contributed by atoms with Crippen LogP contribution < -0.4 is 4.90 Å². The summed E-state index contributed by atoms with van der Waals surface area (Å²) in [5, 5.41) is 1.27. The third-order valence-electron chi connectivity index (χ3n) is 6.22. The van der Waals surface area contributed by atoms with Gasteiger partial charge in [-0.05, 0) is 55.2 Å². The lowest BCUT2D eigenvalue weighted by molar-refractivity contribution is -0.123. The van der Waals surface area contributed by atoms with Gasteiger partial charge in [0.05, 0.1) is 18.2 Å². The first-order valence-corrected chi connectivity index (χ1v) is 9.79. The summed E-state index contributed by atoms with van der Waals surface area (Å²) in [6.45, 7) is 5.50. The Morgan fingerprint density at radius 2 is 1.86 bits per heavy atom. The SMILES string of the molecule is Cc1ccc(N2C(=O)C[C@@H](N3CCc4c([nH]c5ccccc45)C3)C2=O)cc1C. The number of aromatic amines is 1. The number of aromatic nitrogens is 1. The van der Waals surface area contributed by atoms with E-state index in [1.165, 1.54) is 15.8 Å². The number of hydrogen-bond donors (Lipinski definition) is 1. The molecule has 0 bridgehead atoms. The Hall–Kier alpha value is -2.92. The second kappa shape index (κ2) is 6.31. The highest BCUT2D eigenvalue weighted by atomic mass is 16.2. The van der Waals surface area contributed by atoms with Crippen LogP contribution in [0.1, 0.15) is 28.8 Å². The third kappa shape index (κ3) is 2.58. The quantitative estimate of drug-likeness (QED) is 0.700. The van der Waals surface area contributed by atoms with Gasteiger partial charge in [0.25, 0.3) is 5.91 Å². The number of hydrogen-bond acceptors (Lipinski definition) is 3. The first-order chi connectivity index (χ1) is 13.5. The molecule has 2 aliphatic rings. The second-order valence-corrected chi connectivity index (χ2v) is 7.90. The molecule has 3 heterocycles. The van der Waals surface area contributed by atoms with Crippen molar-refractivity contribution < 1.29 is 9.59 Å². The zero-order chi connectivity index (χ0) is 19.4. The molecule has 1 N–H and O–H groups in total. The number of carbonyl (C=O) groups excluding carboxylic acids is 2. The number of nitrogens with zero attached hydrogens (tertiary/aromatic N) is 2. The van der Waals surface area contributed by atoms with Gasteiger partial charge in [0.2, 0.25) is 5.91 Å². The van der Waals surface area contributed by atoms with E-state index in [-0.39, 0.29) is 24.3 Å². The zero-order valence-corrected chi connectivity index (χ0v) is 16.2. The Labute approximate surface area is 163 Å². The predicted molar refractivity (Wildman–Crippen MR) is 109 cm³/mol. The van der Waals surface area contributed by atoms with Crippen LogP contribution in [0.15, 0.2) is 42.5 Å². The number of nitrogens with one attached hydrogen (secondary N) is 1. The smallest absolute Gasteiger partial charge is 0.251 e. The lowest BCUT2D eigenvalue weighted by Crippen LogP contribution is -2.44. The highest BCUT2D eigenvalue weighted by molar-refractivity contribution is 6.22. The summed E-state index contributed by atoms with van der Waals surface area (Å²) in [7, 11) is 0. The Morgan fingerprint density at radius 3 is 2.68 bits per heavy atom. The molecule has 2 amide bonds. The molecule has 28 heavy (non-hydrogen) atoms. The van der Waals surface area contributed by atoms with Crippen molar-refractivity contribution in [3.63, 3.8) is 0 Å². The highest BCUT2D eigenvalue weighted by Crippen LogP contribution is 2.32. The monoisotopic (exact) mass is 373 g/mol. The molecule has 2 aliphatic heterocycles. The molecule has 5 heteroatoms. The van der Waals surface area contributed by atoms with Gasteiger partial charge in [-0.3, -0.25) is 14.5 Å². The minimum atomic E-state index is -0.381. The molecule has 5 rings (SSSR count). The lowest BCUT2D eigenvalue weighted by atomic mass is 10.0. The van der Waals surface area contributed by atoms with Crippen LogP contribution in [0.25, 0.3) is 10.9 Å². The molecule has 1 saturated heterocycles. The standard InChI is InChI=1S/C23H23N3O2/c1-14-7-8-16(11-15(14)2)26-22(27)12-21(23(26)28)25-10-9-18-17-5-3-4-6-19(17)24-20(18)13-25/h3-8,11,21,24H,9-10,12-13H2,1-2H3/t21-/m1/s1. The lowest BCUT2D eigenvalue weighted by Gasteiger charge is -2.30.